The second-order valence-electron chi connectivity index (χ2n) is 3.98. The minimum absolute atomic E-state index is 0.139. The van der Waals surface area contributed by atoms with E-state index in [1.807, 2.05) is 0 Å². The van der Waals surface area contributed by atoms with Gasteiger partial charge in [-0.3, -0.25) is 9.59 Å². The van der Waals surface area contributed by atoms with Gasteiger partial charge in [0.15, 0.2) is 0 Å². The molecule has 1 aliphatic rings. The monoisotopic (exact) mass is 212 g/mol. The Balaban J connectivity index is 2.26. The summed E-state index contributed by atoms with van der Waals surface area (Å²) < 4.78 is 0. The summed E-state index contributed by atoms with van der Waals surface area (Å²) in [5, 5.41) is 5.97. The largest absolute Gasteiger partial charge is 0.356 e. The predicted molar refractivity (Wildman–Crippen MR) is 58.6 cm³/mol. The molecule has 1 amide bonds. The van der Waals surface area contributed by atoms with Crippen molar-refractivity contribution < 1.29 is 9.59 Å². The van der Waals surface area contributed by atoms with Crippen molar-refractivity contribution >= 4 is 11.7 Å². The van der Waals surface area contributed by atoms with Crippen LogP contribution in [0.1, 0.15) is 38.5 Å². The van der Waals surface area contributed by atoms with Gasteiger partial charge in [-0.05, 0) is 32.2 Å². The van der Waals surface area contributed by atoms with Crippen molar-refractivity contribution in [1.82, 2.24) is 10.6 Å². The number of Topliss-reactive ketones (excluding diaryl/α,β-unsaturated/α-hetero) is 1. The van der Waals surface area contributed by atoms with Crippen LogP contribution in [0.25, 0.3) is 0 Å². The maximum Gasteiger partial charge on any atom is 0.219 e. The Hall–Kier alpha value is -0.900. The molecule has 1 heterocycles. The second kappa shape index (κ2) is 7.40. The molecule has 1 aliphatic heterocycles. The molecule has 0 atom stereocenters. The van der Waals surface area contributed by atoms with E-state index in [1.165, 1.54) is 0 Å². The molecule has 0 unspecified atom stereocenters. The molecule has 4 nitrogen and oxygen atoms in total. The first-order chi connectivity index (χ1) is 7.29. The van der Waals surface area contributed by atoms with Gasteiger partial charge in [-0.15, -0.1) is 0 Å². The van der Waals surface area contributed by atoms with Crippen molar-refractivity contribution in [2.75, 3.05) is 19.6 Å². The fourth-order valence-electron chi connectivity index (χ4n) is 1.62. The number of amides is 1. The smallest absolute Gasteiger partial charge is 0.219 e. The molecule has 1 rings (SSSR count). The first-order valence-electron chi connectivity index (χ1n) is 5.78. The lowest BCUT2D eigenvalue weighted by Crippen LogP contribution is -2.24. The van der Waals surface area contributed by atoms with E-state index in [0.29, 0.717) is 25.9 Å². The topological polar surface area (TPSA) is 58.2 Å². The van der Waals surface area contributed by atoms with Gasteiger partial charge in [0.1, 0.15) is 5.78 Å². The van der Waals surface area contributed by atoms with Gasteiger partial charge in [-0.2, -0.15) is 0 Å². The molecule has 0 aliphatic carbocycles. The summed E-state index contributed by atoms with van der Waals surface area (Å²) in [5.41, 5.74) is 0. The second-order valence-corrected chi connectivity index (χ2v) is 3.98. The van der Waals surface area contributed by atoms with Crippen LogP contribution in [-0.4, -0.2) is 31.3 Å². The Kier molecular flexibility index (Phi) is 6.00. The van der Waals surface area contributed by atoms with Gasteiger partial charge in [0, 0.05) is 19.4 Å². The lowest BCUT2D eigenvalue weighted by Gasteiger charge is -2.03. The number of rotatable bonds is 0. The van der Waals surface area contributed by atoms with Crippen molar-refractivity contribution in [3.05, 3.63) is 0 Å². The normalized spacial score (nSPS) is 22.1. The zero-order valence-corrected chi connectivity index (χ0v) is 9.18. The van der Waals surface area contributed by atoms with E-state index in [0.717, 1.165) is 32.2 Å². The highest BCUT2D eigenvalue weighted by Crippen LogP contribution is 1.98. The van der Waals surface area contributed by atoms with E-state index < -0.39 is 0 Å². The summed E-state index contributed by atoms with van der Waals surface area (Å²) in [7, 11) is 0. The van der Waals surface area contributed by atoms with Crippen LogP contribution in [0, 0.1) is 0 Å². The molecule has 0 saturated carbocycles. The third kappa shape index (κ3) is 6.23. The van der Waals surface area contributed by atoms with Crippen molar-refractivity contribution in [1.29, 1.82) is 0 Å². The molecule has 2 N–H and O–H groups in total. The molecule has 0 aromatic heterocycles. The first kappa shape index (κ1) is 12.2. The molecule has 0 spiro atoms. The van der Waals surface area contributed by atoms with E-state index in [-0.39, 0.29) is 11.7 Å². The summed E-state index contributed by atoms with van der Waals surface area (Å²) in [6.45, 7) is 2.03. The van der Waals surface area contributed by atoms with Crippen LogP contribution in [0.15, 0.2) is 0 Å². The van der Waals surface area contributed by atoms with Gasteiger partial charge in [0.25, 0.3) is 0 Å². The summed E-state index contributed by atoms with van der Waals surface area (Å²) in [6, 6.07) is 0. The average Bonchev–Trinajstić information content (AvgIpc) is 2.23. The molecule has 1 fully saturated rings. The minimum Gasteiger partial charge on any atom is -0.356 e. The van der Waals surface area contributed by atoms with E-state index in [1.54, 1.807) is 0 Å². The number of ketones is 1. The van der Waals surface area contributed by atoms with E-state index >= 15 is 0 Å². The summed E-state index contributed by atoms with van der Waals surface area (Å²) in [4.78, 5) is 22.6. The van der Waals surface area contributed by atoms with E-state index in [4.69, 9.17) is 0 Å². The van der Waals surface area contributed by atoms with E-state index in [9.17, 15) is 9.59 Å². The molecule has 0 aromatic rings. The number of carbonyl (C=O) groups excluding carboxylic acids is 2. The number of hydrogen-bond donors (Lipinski definition) is 2. The third-order valence-electron chi connectivity index (χ3n) is 2.53. The predicted octanol–water partition coefficient (Wildman–Crippen LogP) is 0.615. The van der Waals surface area contributed by atoms with Gasteiger partial charge in [-0.1, -0.05) is 0 Å². The molecule has 4 heteroatoms. The number of nitrogens with one attached hydrogen (secondary N) is 2. The fraction of sp³-hybridized carbons (Fsp3) is 0.818. The van der Waals surface area contributed by atoms with Crippen LogP contribution in [0.2, 0.25) is 0 Å². The Morgan fingerprint density at radius 2 is 1.60 bits per heavy atom. The molecule has 15 heavy (non-hydrogen) atoms. The van der Waals surface area contributed by atoms with Crippen LogP contribution in [-0.2, 0) is 9.59 Å². The van der Waals surface area contributed by atoms with Gasteiger partial charge < -0.3 is 10.6 Å². The number of hydrogen-bond acceptors (Lipinski definition) is 3. The molecule has 0 radical (unpaired) electrons. The van der Waals surface area contributed by atoms with E-state index in [2.05, 4.69) is 10.6 Å². The lowest BCUT2D eigenvalue weighted by molar-refractivity contribution is -0.121. The standard InChI is InChI=1S/C11H20N2O2/c14-10-5-1-4-8-13-11(15)6-2-3-7-12-9-10/h12H,1-9H2,(H,13,15). The lowest BCUT2D eigenvalue weighted by atomic mass is 10.2. The van der Waals surface area contributed by atoms with Crippen LogP contribution in [0.5, 0.6) is 0 Å². The fourth-order valence-corrected chi connectivity index (χ4v) is 1.62. The van der Waals surface area contributed by atoms with Crippen LogP contribution < -0.4 is 10.6 Å². The summed E-state index contributed by atoms with van der Waals surface area (Å²) >= 11 is 0. The van der Waals surface area contributed by atoms with Crippen LogP contribution in [0.4, 0.5) is 0 Å². The average molecular weight is 212 g/mol. The number of carbonyl (C=O) groups is 2. The zero-order valence-electron chi connectivity index (χ0n) is 9.18. The third-order valence-corrected chi connectivity index (χ3v) is 2.53. The van der Waals surface area contributed by atoms with Gasteiger partial charge in [0.05, 0.1) is 6.54 Å². The molecular weight excluding hydrogens is 192 g/mol. The summed E-state index contributed by atoms with van der Waals surface area (Å²) in [5.74, 6) is 0.418. The van der Waals surface area contributed by atoms with Crippen molar-refractivity contribution in [2.24, 2.45) is 0 Å². The Bertz CT molecular complexity index is 195. The van der Waals surface area contributed by atoms with Crippen LogP contribution in [0.3, 0.4) is 0 Å². The maximum atomic E-state index is 11.3. The zero-order chi connectivity index (χ0) is 10.9. The van der Waals surface area contributed by atoms with Crippen molar-refractivity contribution in [3.8, 4) is 0 Å². The van der Waals surface area contributed by atoms with Gasteiger partial charge in [0.2, 0.25) is 5.91 Å². The van der Waals surface area contributed by atoms with Crippen molar-refractivity contribution in [2.45, 2.75) is 38.5 Å². The highest BCUT2D eigenvalue weighted by atomic mass is 16.1. The highest BCUT2D eigenvalue weighted by molar-refractivity contribution is 5.80. The molecule has 0 aromatic carbocycles. The van der Waals surface area contributed by atoms with Gasteiger partial charge >= 0.3 is 0 Å². The Labute approximate surface area is 90.8 Å². The SMILES string of the molecule is O=C1CCCCNC(=O)CCCCNC1. The Morgan fingerprint density at radius 1 is 0.867 bits per heavy atom. The molecule has 0 bridgehead atoms. The first-order valence-corrected chi connectivity index (χ1v) is 5.78. The quantitative estimate of drug-likeness (QED) is 0.618. The molecular formula is C11H20N2O2. The van der Waals surface area contributed by atoms with Crippen LogP contribution >= 0.6 is 0 Å². The van der Waals surface area contributed by atoms with Crippen molar-refractivity contribution in [3.63, 3.8) is 0 Å². The molecule has 86 valence electrons. The Morgan fingerprint density at radius 3 is 2.47 bits per heavy atom. The summed E-state index contributed by atoms with van der Waals surface area (Å²) in [6.07, 6.45) is 4.87. The van der Waals surface area contributed by atoms with Gasteiger partial charge in [-0.25, -0.2) is 0 Å². The maximum absolute atomic E-state index is 11.3. The molecule has 1 saturated heterocycles. The highest BCUT2D eigenvalue weighted by Gasteiger charge is 2.04. The minimum atomic E-state index is 0.139.